The summed E-state index contributed by atoms with van der Waals surface area (Å²) in [5.74, 6) is 0.290. The number of hydrogen-bond acceptors (Lipinski definition) is 8. The second-order valence-corrected chi connectivity index (χ2v) is 6.62. The molecule has 4 aromatic rings. The standard InChI is InChI=1S/C18H13N9S/c19-10-14(17(20)21)23-22-12-4-1-3-11(9-12)13-6-7-16-24-25-18(27(16)26-13)15-5-2-8-28-15/h1-9,22H,(H3,20,21)/b23-14+. The van der Waals surface area contributed by atoms with Gasteiger partial charge in [-0.25, -0.2) is 0 Å². The lowest BCUT2D eigenvalue weighted by atomic mass is 10.1. The van der Waals surface area contributed by atoms with Crippen molar-refractivity contribution in [3.63, 3.8) is 0 Å². The number of aromatic nitrogens is 4. The summed E-state index contributed by atoms with van der Waals surface area (Å²) >= 11 is 1.57. The van der Waals surface area contributed by atoms with E-state index in [1.54, 1.807) is 28.0 Å². The summed E-state index contributed by atoms with van der Waals surface area (Å²) in [5.41, 5.74) is 10.7. The summed E-state index contributed by atoms with van der Waals surface area (Å²) in [6.45, 7) is 0. The highest BCUT2D eigenvalue weighted by molar-refractivity contribution is 7.13. The number of rotatable bonds is 5. The van der Waals surface area contributed by atoms with Gasteiger partial charge in [0.05, 0.1) is 16.3 Å². The van der Waals surface area contributed by atoms with E-state index in [-0.39, 0.29) is 5.71 Å². The van der Waals surface area contributed by atoms with Gasteiger partial charge in [-0.2, -0.15) is 20.0 Å². The van der Waals surface area contributed by atoms with Gasteiger partial charge in [0.2, 0.25) is 5.71 Å². The zero-order valence-corrected chi connectivity index (χ0v) is 15.2. The van der Waals surface area contributed by atoms with E-state index in [1.807, 2.05) is 47.8 Å². The van der Waals surface area contributed by atoms with Crippen LogP contribution in [0.25, 0.3) is 27.6 Å². The molecule has 3 aromatic heterocycles. The average Bonchev–Trinajstić information content (AvgIpc) is 3.37. The highest BCUT2D eigenvalue weighted by Crippen LogP contribution is 2.25. The first kappa shape index (κ1) is 17.3. The van der Waals surface area contributed by atoms with Gasteiger partial charge in [0, 0.05) is 5.56 Å². The summed E-state index contributed by atoms with van der Waals surface area (Å²) in [6.07, 6.45) is 0. The molecule has 0 aliphatic heterocycles. The van der Waals surface area contributed by atoms with Crippen LogP contribution in [0.2, 0.25) is 0 Å². The molecule has 0 bridgehead atoms. The summed E-state index contributed by atoms with van der Waals surface area (Å²) in [5, 5.41) is 35.1. The van der Waals surface area contributed by atoms with E-state index in [0.717, 1.165) is 16.1 Å². The molecule has 136 valence electrons. The Kier molecular flexibility index (Phi) is 4.49. The minimum atomic E-state index is -0.396. The fourth-order valence-corrected chi connectivity index (χ4v) is 3.21. The van der Waals surface area contributed by atoms with Crippen molar-refractivity contribution in [3.05, 3.63) is 53.9 Å². The first-order chi connectivity index (χ1) is 13.7. The van der Waals surface area contributed by atoms with Crippen molar-refractivity contribution in [3.8, 4) is 28.0 Å². The molecule has 1 aromatic carbocycles. The van der Waals surface area contributed by atoms with Crippen LogP contribution >= 0.6 is 11.3 Å². The maximum atomic E-state index is 8.93. The van der Waals surface area contributed by atoms with Crippen LogP contribution in [0.1, 0.15) is 0 Å². The number of nitriles is 1. The molecule has 4 rings (SSSR count). The van der Waals surface area contributed by atoms with Crippen molar-refractivity contribution in [1.82, 2.24) is 19.8 Å². The van der Waals surface area contributed by atoms with Crippen molar-refractivity contribution in [1.29, 1.82) is 10.7 Å². The van der Waals surface area contributed by atoms with Crippen LogP contribution < -0.4 is 11.2 Å². The molecule has 0 saturated heterocycles. The topological polar surface area (TPSA) is 141 Å². The lowest BCUT2D eigenvalue weighted by molar-refractivity contribution is 0.944. The van der Waals surface area contributed by atoms with E-state index >= 15 is 0 Å². The van der Waals surface area contributed by atoms with Crippen molar-refractivity contribution >= 4 is 34.2 Å². The average molecular weight is 387 g/mol. The summed E-state index contributed by atoms with van der Waals surface area (Å²) in [7, 11) is 0. The van der Waals surface area contributed by atoms with Gasteiger partial charge in [0.1, 0.15) is 6.07 Å². The molecule has 0 amide bonds. The Labute approximate surface area is 163 Å². The third kappa shape index (κ3) is 3.29. The predicted molar refractivity (Wildman–Crippen MR) is 108 cm³/mol. The lowest BCUT2D eigenvalue weighted by Gasteiger charge is -2.06. The smallest absolute Gasteiger partial charge is 0.201 e. The Bertz CT molecular complexity index is 1230. The molecule has 3 heterocycles. The number of benzene rings is 1. The van der Waals surface area contributed by atoms with Gasteiger partial charge in [-0.05, 0) is 35.7 Å². The number of anilines is 1. The number of amidine groups is 1. The maximum absolute atomic E-state index is 8.93. The van der Waals surface area contributed by atoms with Crippen molar-refractivity contribution in [2.75, 3.05) is 5.43 Å². The minimum absolute atomic E-state index is 0.185. The Morgan fingerprint density at radius 3 is 2.86 bits per heavy atom. The van der Waals surface area contributed by atoms with Crippen molar-refractivity contribution < 1.29 is 0 Å². The van der Waals surface area contributed by atoms with E-state index in [9.17, 15) is 0 Å². The van der Waals surface area contributed by atoms with Gasteiger partial charge in [-0.15, -0.1) is 21.5 Å². The molecule has 9 nitrogen and oxygen atoms in total. The molecule has 0 radical (unpaired) electrons. The fourth-order valence-electron chi connectivity index (χ4n) is 2.52. The van der Waals surface area contributed by atoms with Crippen molar-refractivity contribution in [2.24, 2.45) is 10.8 Å². The van der Waals surface area contributed by atoms with E-state index in [4.69, 9.17) is 16.4 Å². The van der Waals surface area contributed by atoms with Crippen molar-refractivity contribution in [2.45, 2.75) is 0 Å². The predicted octanol–water partition coefficient (Wildman–Crippen LogP) is 2.75. The van der Waals surface area contributed by atoms with E-state index < -0.39 is 5.84 Å². The fraction of sp³-hybridized carbons (Fsp3) is 0. The summed E-state index contributed by atoms with van der Waals surface area (Å²) in [4.78, 5) is 0.982. The number of thiophene rings is 1. The number of fused-ring (bicyclic) bond motifs is 1. The van der Waals surface area contributed by atoms with E-state index in [2.05, 4.69) is 25.8 Å². The molecular weight excluding hydrogens is 374 g/mol. The number of hydrogen-bond donors (Lipinski definition) is 3. The van der Waals surface area contributed by atoms with Gasteiger partial charge in [-0.3, -0.25) is 10.8 Å². The molecular formula is C18H13N9S. The minimum Gasteiger partial charge on any atom is -0.382 e. The Balaban J connectivity index is 1.70. The summed E-state index contributed by atoms with van der Waals surface area (Å²) < 4.78 is 1.71. The third-order valence-electron chi connectivity index (χ3n) is 3.82. The molecule has 28 heavy (non-hydrogen) atoms. The van der Waals surface area contributed by atoms with Gasteiger partial charge in [-0.1, -0.05) is 18.2 Å². The molecule has 10 heteroatoms. The second-order valence-electron chi connectivity index (χ2n) is 5.67. The van der Waals surface area contributed by atoms with E-state index in [0.29, 0.717) is 17.2 Å². The number of nitrogens with zero attached hydrogens (tertiary/aromatic N) is 6. The highest BCUT2D eigenvalue weighted by atomic mass is 32.1. The van der Waals surface area contributed by atoms with Gasteiger partial charge < -0.3 is 5.73 Å². The van der Waals surface area contributed by atoms with Gasteiger partial charge >= 0.3 is 0 Å². The summed E-state index contributed by atoms with van der Waals surface area (Å²) in [6, 6.07) is 16.8. The Morgan fingerprint density at radius 2 is 2.11 bits per heavy atom. The van der Waals surface area contributed by atoms with Crippen LogP contribution in [0.5, 0.6) is 0 Å². The van der Waals surface area contributed by atoms with Crippen LogP contribution in [0.4, 0.5) is 5.69 Å². The highest BCUT2D eigenvalue weighted by Gasteiger charge is 2.11. The van der Waals surface area contributed by atoms with Gasteiger partial charge in [0.25, 0.3) is 0 Å². The Hall–Kier alpha value is -4.10. The van der Waals surface area contributed by atoms with Crippen LogP contribution in [-0.4, -0.2) is 31.4 Å². The quantitative estimate of drug-likeness (QED) is 0.273. The van der Waals surface area contributed by atoms with E-state index in [1.165, 1.54) is 0 Å². The Morgan fingerprint density at radius 1 is 1.21 bits per heavy atom. The third-order valence-corrected chi connectivity index (χ3v) is 4.69. The number of nitrogens with one attached hydrogen (secondary N) is 2. The first-order valence-corrected chi connectivity index (χ1v) is 8.98. The molecule has 0 fully saturated rings. The molecule has 4 N–H and O–H groups in total. The second kappa shape index (κ2) is 7.26. The van der Waals surface area contributed by atoms with Gasteiger partial charge in [0.15, 0.2) is 17.3 Å². The van der Waals surface area contributed by atoms with Crippen LogP contribution in [0, 0.1) is 16.7 Å². The zero-order chi connectivity index (χ0) is 19.5. The zero-order valence-electron chi connectivity index (χ0n) is 14.4. The number of nitrogens with two attached hydrogens (primary N) is 1. The normalized spacial score (nSPS) is 11.3. The molecule has 0 spiro atoms. The SMILES string of the molecule is N#C/C(=N\Nc1cccc(-c2ccc3nnc(-c4cccs4)n3n2)c1)C(=N)N. The number of hydrazone groups is 1. The molecule has 0 atom stereocenters. The maximum Gasteiger partial charge on any atom is 0.201 e. The largest absolute Gasteiger partial charge is 0.382 e. The van der Waals surface area contributed by atoms with Crippen LogP contribution in [0.3, 0.4) is 0 Å². The van der Waals surface area contributed by atoms with Crippen LogP contribution in [0.15, 0.2) is 59.0 Å². The monoisotopic (exact) mass is 387 g/mol. The molecule has 0 aliphatic rings. The first-order valence-electron chi connectivity index (χ1n) is 8.10. The molecule has 0 saturated carbocycles. The van der Waals surface area contributed by atoms with Crippen LogP contribution in [-0.2, 0) is 0 Å². The lowest BCUT2D eigenvalue weighted by Crippen LogP contribution is -2.21. The molecule has 0 unspecified atom stereocenters. The molecule has 0 aliphatic carbocycles.